The van der Waals surface area contributed by atoms with Gasteiger partial charge in [-0.1, -0.05) is 18.2 Å². The summed E-state index contributed by atoms with van der Waals surface area (Å²) in [5.41, 5.74) is 0.761. The molecule has 0 radical (unpaired) electrons. The van der Waals surface area contributed by atoms with Gasteiger partial charge in [0.25, 0.3) is 5.91 Å². The van der Waals surface area contributed by atoms with Gasteiger partial charge in [0.2, 0.25) is 0 Å². The minimum atomic E-state index is -0.471. The summed E-state index contributed by atoms with van der Waals surface area (Å²) in [6, 6.07) is 13.5. The molecule has 0 bridgehead atoms. The molecular formula is C15H9FINO2. The second-order valence-electron chi connectivity index (χ2n) is 4.23. The second-order valence-corrected chi connectivity index (χ2v) is 5.47. The number of halogens is 2. The molecule has 0 fully saturated rings. The fourth-order valence-electron chi connectivity index (χ4n) is 1.87. The van der Waals surface area contributed by atoms with E-state index in [1.165, 1.54) is 12.1 Å². The van der Waals surface area contributed by atoms with Crippen molar-refractivity contribution < 1.29 is 13.6 Å². The van der Waals surface area contributed by atoms with Gasteiger partial charge in [0.05, 0.1) is 5.69 Å². The highest BCUT2D eigenvalue weighted by Gasteiger charge is 2.14. The molecule has 1 N–H and O–H groups in total. The first kappa shape index (κ1) is 13.1. The summed E-state index contributed by atoms with van der Waals surface area (Å²) in [6.45, 7) is 0. The summed E-state index contributed by atoms with van der Waals surface area (Å²) < 4.78 is 19.9. The summed E-state index contributed by atoms with van der Waals surface area (Å²) in [5, 5.41) is 3.34. The largest absolute Gasteiger partial charge is 0.451 e. The molecular weight excluding hydrogens is 372 g/mol. The molecule has 3 nitrogen and oxygen atoms in total. The lowest BCUT2D eigenvalue weighted by Gasteiger charge is -2.04. The number of hydrogen-bond donors (Lipinski definition) is 1. The molecule has 100 valence electrons. The van der Waals surface area contributed by atoms with E-state index in [1.54, 1.807) is 18.2 Å². The number of furan rings is 1. The minimum Gasteiger partial charge on any atom is -0.451 e. The number of benzene rings is 2. The number of fused-ring (bicyclic) bond motifs is 1. The highest BCUT2D eigenvalue weighted by Crippen LogP contribution is 2.21. The molecule has 0 aliphatic heterocycles. The maximum atomic E-state index is 13.7. The molecule has 0 aliphatic rings. The fraction of sp³-hybridized carbons (Fsp3) is 0. The number of anilines is 1. The van der Waals surface area contributed by atoms with Crippen molar-refractivity contribution in [2.45, 2.75) is 0 Å². The first-order valence-corrected chi connectivity index (χ1v) is 6.96. The van der Waals surface area contributed by atoms with Crippen LogP contribution in [0.2, 0.25) is 0 Å². The Morgan fingerprint density at radius 2 is 1.95 bits per heavy atom. The third-order valence-electron chi connectivity index (χ3n) is 2.83. The number of hydrogen-bond acceptors (Lipinski definition) is 2. The highest BCUT2D eigenvalue weighted by atomic mass is 127. The summed E-state index contributed by atoms with van der Waals surface area (Å²) in [6.07, 6.45) is 0. The number of amides is 1. The fourth-order valence-corrected chi connectivity index (χ4v) is 2.32. The van der Waals surface area contributed by atoms with Crippen molar-refractivity contribution in [3.8, 4) is 0 Å². The van der Waals surface area contributed by atoms with E-state index < -0.39 is 11.7 Å². The van der Waals surface area contributed by atoms with Crippen LogP contribution in [0.4, 0.5) is 10.1 Å². The lowest BCUT2D eigenvalue weighted by Crippen LogP contribution is -2.12. The van der Waals surface area contributed by atoms with Crippen LogP contribution in [0.15, 0.2) is 52.9 Å². The number of nitrogens with one attached hydrogen (secondary N) is 1. The molecule has 0 spiro atoms. The van der Waals surface area contributed by atoms with E-state index in [9.17, 15) is 9.18 Å². The van der Waals surface area contributed by atoms with Gasteiger partial charge in [-0.05, 0) is 52.9 Å². The Balaban J connectivity index is 1.89. The molecule has 0 atom stereocenters. The Bertz CT molecular complexity index is 764. The van der Waals surface area contributed by atoms with Crippen molar-refractivity contribution in [1.82, 2.24) is 0 Å². The summed E-state index contributed by atoms with van der Waals surface area (Å²) in [4.78, 5) is 12.0. The Labute approximate surface area is 127 Å². The zero-order valence-corrected chi connectivity index (χ0v) is 12.3. The van der Waals surface area contributed by atoms with Gasteiger partial charge in [0, 0.05) is 8.96 Å². The Morgan fingerprint density at radius 1 is 1.15 bits per heavy atom. The molecule has 1 amide bonds. The van der Waals surface area contributed by atoms with Crippen LogP contribution < -0.4 is 5.32 Å². The van der Waals surface area contributed by atoms with Gasteiger partial charge in [-0.25, -0.2) is 4.39 Å². The van der Waals surface area contributed by atoms with Gasteiger partial charge in [-0.15, -0.1) is 0 Å². The van der Waals surface area contributed by atoms with Crippen LogP contribution in [0.3, 0.4) is 0 Å². The van der Waals surface area contributed by atoms with Gasteiger partial charge in [-0.3, -0.25) is 4.79 Å². The molecule has 3 rings (SSSR count). The number of carbonyl (C=O) groups is 1. The Morgan fingerprint density at radius 3 is 2.70 bits per heavy atom. The zero-order chi connectivity index (χ0) is 14.1. The van der Waals surface area contributed by atoms with Crippen LogP contribution >= 0.6 is 22.6 Å². The minimum absolute atomic E-state index is 0.135. The zero-order valence-electron chi connectivity index (χ0n) is 10.2. The predicted octanol–water partition coefficient (Wildman–Crippen LogP) is 4.43. The number of carbonyl (C=O) groups excluding carboxylic acids is 1. The van der Waals surface area contributed by atoms with E-state index in [4.69, 9.17) is 4.42 Å². The lowest BCUT2D eigenvalue weighted by atomic mass is 10.2. The molecule has 0 saturated heterocycles. The summed E-state index contributed by atoms with van der Waals surface area (Å²) in [5.74, 6) is -0.785. The van der Waals surface area contributed by atoms with Crippen molar-refractivity contribution in [2.24, 2.45) is 0 Å². The first-order valence-electron chi connectivity index (χ1n) is 5.88. The van der Waals surface area contributed by atoms with Crippen LogP contribution in [0.1, 0.15) is 10.6 Å². The number of rotatable bonds is 2. The average molecular weight is 381 g/mol. The molecule has 3 aromatic rings. The van der Waals surface area contributed by atoms with Crippen LogP contribution in [0.25, 0.3) is 11.0 Å². The van der Waals surface area contributed by atoms with Crippen LogP contribution in [-0.2, 0) is 0 Å². The topological polar surface area (TPSA) is 42.2 Å². The predicted molar refractivity (Wildman–Crippen MR) is 83.3 cm³/mol. The molecule has 1 aromatic heterocycles. The second kappa shape index (κ2) is 5.24. The van der Waals surface area contributed by atoms with Crippen molar-refractivity contribution in [3.63, 3.8) is 0 Å². The number of para-hydroxylation sites is 1. The van der Waals surface area contributed by atoms with Crippen LogP contribution in [0, 0.1) is 9.39 Å². The van der Waals surface area contributed by atoms with Gasteiger partial charge < -0.3 is 9.73 Å². The lowest BCUT2D eigenvalue weighted by molar-refractivity contribution is 0.0998. The average Bonchev–Trinajstić information content (AvgIpc) is 2.86. The third-order valence-corrected chi connectivity index (χ3v) is 3.50. The van der Waals surface area contributed by atoms with E-state index >= 15 is 0 Å². The monoisotopic (exact) mass is 381 g/mol. The quantitative estimate of drug-likeness (QED) is 0.668. The SMILES string of the molecule is O=C(Nc1ccc(I)cc1F)c1cc2ccccc2o1. The van der Waals surface area contributed by atoms with Gasteiger partial charge in [-0.2, -0.15) is 0 Å². The molecule has 5 heteroatoms. The molecule has 1 heterocycles. The van der Waals surface area contributed by atoms with Gasteiger partial charge in [0.1, 0.15) is 11.4 Å². The highest BCUT2D eigenvalue weighted by molar-refractivity contribution is 14.1. The standard InChI is InChI=1S/C15H9FINO2/c16-11-8-10(17)5-6-12(11)18-15(19)14-7-9-3-1-2-4-13(9)20-14/h1-8H,(H,18,19). The first-order chi connectivity index (χ1) is 9.63. The van der Waals surface area contributed by atoms with E-state index in [-0.39, 0.29) is 11.4 Å². The molecule has 0 saturated carbocycles. The van der Waals surface area contributed by atoms with E-state index in [0.717, 1.165) is 8.96 Å². The van der Waals surface area contributed by atoms with E-state index in [1.807, 2.05) is 40.8 Å². The van der Waals surface area contributed by atoms with E-state index in [0.29, 0.717) is 5.58 Å². The van der Waals surface area contributed by atoms with Crippen LogP contribution in [0.5, 0.6) is 0 Å². The van der Waals surface area contributed by atoms with Gasteiger partial charge in [0.15, 0.2) is 5.76 Å². The Hall–Kier alpha value is -1.89. The maximum absolute atomic E-state index is 13.7. The normalized spacial score (nSPS) is 10.7. The summed E-state index contributed by atoms with van der Waals surface area (Å²) in [7, 11) is 0. The third kappa shape index (κ3) is 2.53. The Kier molecular flexibility index (Phi) is 3.43. The molecule has 0 aliphatic carbocycles. The van der Waals surface area contributed by atoms with E-state index in [2.05, 4.69) is 5.32 Å². The van der Waals surface area contributed by atoms with Crippen molar-refractivity contribution in [3.05, 3.63) is 63.7 Å². The molecule has 0 unspecified atom stereocenters. The van der Waals surface area contributed by atoms with Crippen LogP contribution in [-0.4, -0.2) is 5.91 Å². The maximum Gasteiger partial charge on any atom is 0.291 e. The molecule has 2 aromatic carbocycles. The van der Waals surface area contributed by atoms with Crippen molar-refractivity contribution >= 4 is 45.2 Å². The van der Waals surface area contributed by atoms with Crippen molar-refractivity contribution in [1.29, 1.82) is 0 Å². The smallest absolute Gasteiger partial charge is 0.291 e. The van der Waals surface area contributed by atoms with Crippen molar-refractivity contribution in [2.75, 3.05) is 5.32 Å². The van der Waals surface area contributed by atoms with Gasteiger partial charge >= 0.3 is 0 Å². The molecule has 20 heavy (non-hydrogen) atoms. The summed E-state index contributed by atoms with van der Waals surface area (Å²) >= 11 is 2.01.